The van der Waals surface area contributed by atoms with E-state index in [0.29, 0.717) is 17.9 Å². The summed E-state index contributed by atoms with van der Waals surface area (Å²) >= 11 is 0. The van der Waals surface area contributed by atoms with Gasteiger partial charge in [-0.3, -0.25) is 0 Å². The fourth-order valence-corrected chi connectivity index (χ4v) is 11.5. The fourth-order valence-electron chi connectivity index (χ4n) is 11.5. The Morgan fingerprint density at radius 1 is 0.385 bits per heavy atom. The van der Waals surface area contributed by atoms with Crippen LogP contribution in [0.2, 0.25) is 0 Å². The minimum absolute atomic E-state index is 0.0317. The van der Waals surface area contributed by atoms with Gasteiger partial charge in [-0.05, 0) is 157 Å². The van der Waals surface area contributed by atoms with E-state index in [0.717, 1.165) is 12.8 Å². The maximum atomic E-state index is 2.68. The summed E-state index contributed by atoms with van der Waals surface area (Å²) in [6.45, 7) is 7.25. The van der Waals surface area contributed by atoms with Crippen molar-refractivity contribution in [1.82, 2.24) is 0 Å². The van der Waals surface area contributed by atoms with Gasteiger partial charge >= 0.3 is 0 Å². The molecule has 65 heavy (non-hydrogen) atoms. The van der Waals surface area contributed by atoms with Crippen LogP contribution in [0.15, 0.2) is 224 Å². The van der Waals surface area contributed by atoms with Crippen LogP contribution >= 0.6 is 0 Å². The molecule has 1 nitrogen and oxygen atoms in total. The number of hydrogen-bond donors (Lipinski definition) is 0. The van der Waals surface area contributed by atoms with Gasteiger partial charge in [0, 0.05) is 17.4 Å². The van der Waals surface area contributed by atoms with Crippen LogP contribution in [0.5, 0.6) is 0 Å². The van der Waals surface area contributed by atoms with E-state index in [-0.39, 0.29) is 5.41 Å². The van der Waals surface area contributed by atoms with Crippen molar-refractivity contribution in [3.63, 3.8) is 0 Å². The van der Waals surface area contributed by atoms with Crippen molar-refractivity contribution in [3.05, 3.63) is 241 Å². The highest BCUT2D eigenvalue weighted by atomic mass is 15.2. The maximum absolute atomic E-state index is 2.68. The minimum Gasteiger partial charge on any atom is -0.338 e. The van der Waals surface area contributed by atoms with Crippen molar-refractivity contribution in [3.8, 4) is 66.8 Å². The number of anilines is 2. The number of aryl methyl sites for hydroxylation is 1. The van der Waals surface area contributed by atoms with Crippen molar-refractivity contribution < 1.29 is 0 Å². The molecule has 0 bridgehead atoms. The lowest BCUT2D eigenvalue weighted by Crippen LogP contribution is -2.41. The molecular weight excluding hydrogens is 783 g/mol. The molecule has 9 aromatic rings. The lowest BCUT2D eigenvalue weighted by Gasteiger charge is -2.44. The highest BCUT2D eigenvalue weighted by Crippen LogP contribution is 2.58. The second-order valence-electron chi connectivity index (χ2n) is 18.9. The second kappa shape index (κ2) is 17.1. The highest BCUT2D eigenvalue weighted by Gasteiger charge is 2.49. The average Bonchev–Trinajstić information content (AvgIpc) is 3.59. The van der Waals surface area contributed by atoms with Crippen LogP contribution in [0.25, 0.3) is 66.8 Å². The molecule has 9 aromatic carbocycles. The van der Waals surface area contributed by atoms with E-state index in [9.17, 15) is 0 Å². The SMILES string of the molecule is Cc1ccccc1-c1cccc(-c2ccc3c(c2)C(C)(C)C2CC(N(c4ccc(-c5ccccc5-c5ccccc5)cc4)c4ccc(-c5ccccc5-c5ccccc5)cc4)CCC32)c1. The van der Waals surface area contributed by atoms with Crippen molar-refractivity contribution in [1.29, 1.82) is 0 Å². The summed E-state index contributed by atoms with van der Waals surface area (Å²) in [5.74, 6) is 1.08. The molecule has 11 rings (SSSR count). The highest BCUT2D eigenvalue weighted by molar-refractivity contribution is 5.86. The molecular formula is C64H55N. The number of benzene rings is 9. The van der Waals surface area contributed by atoms with Gasteiger partial charge in [-0.25, -0.2) is 0 Å². The molecule has 2 aliphatic carbocycles. The van der Waals surface area contributed by atoms with Crippen LogP contribution in [0.4, 0.5) is 11.4 Å². The van der Waals surface area contributed by atoms with E-state index in [1.165, 1.54) is 95.7 Å². The van der Waals surface area contributed by atoms with Gasteiger partial charge in [-0.2, -0.15) is 0 Å². The molecule has 1 fully saturated rings. The zero-order valence-corrected chi connectivity index (χ0v) is 37.7. The van der Waals surface area contributed by atoms with Crippen LogP contribution in [-0.4, -0.2) is 6.04 Å². The molecule has 0 saturated heterocycles. The quantitative estimate of drug-likeness (QED) is 0.140. The van der Waals surface area contributed by atoms with E-state index in [4.69, 9.17) is 0 Å². The Morgan fingerprint density at radius 2 is 0.815 bits per heavy atom. The van der Waals surface area contributed by atoms with Crippen LogP contribution in [0.3, 0.4) is 0 Å². The number of nitrogens with zero attached hydrogens (tertiary/aromatic N) is 1. The van der Waals surface area contributed by atoms with Gasteiger partial charge in [0.2, 0.25) is 0 Å². The smallest absolute Gasteiger partial charge is 0.0413 e. The van der Waals surface area contributed by atoms with Crippen LogP contribution < -0.4 is 4.90 Å². The van der Waals surface area contributed by atoms with E-state index in [1.54, 1.807) is 5.56 Å². The van der Waals surface area contributed by atoms with Gasteiger partial charge in [0.1, 0.15) is 0 Å². The Morgan fingerprint density at radius 3 is 1.35 bits per heavy atom. The predicted octanol–water partition coefficient (Wildman–Crippen LogP) is 17.4. The lowest BCUT2D eigenvalue weighted by molar-refractivity contribution is 0.213. The fraction of sp³-hybridized carbons (Fsp3) is 0.156. The Balaban J connectivity index is 0.939. The summed E-state index contributed by atoms with van der Waals surface area (Å²) in [5.41, 5.74) is 22.1. The molecule has 316 valence electrons. The summed E-state index contributed by atoms with van der Waals surface area (Å²) < 4.78 is 0. The molecule has 0 spiro atoms. The van der Waals surface area contributed by atoms with Crippen LogP contribution in [0, 0.1) is 12.8 Å². The molecule has 1 heteroatoms. The summed E-state index contributed by atoms with van der Waals surface area (Å²) in [6.07, 6.45) is 3.44. The Kier molecular flexibility index (Phi) is 10.6. The molecule has 3 unspecified atom stereocenters. The second-order valence-corrected chi connectivity index (χ2v) is 18.9. The summed E-state index contributed by atoms with van der Waals surface area (Å²) in [5, 5.41) is 0. The van der Waals surface area contributed by atoms with Gasteiger partial charge in [0.25, 0.3) is 0 Å². The first kappa shape index (κ1) is 40.5. The number of rotatable bonds is 9. The normalized spacial score (nSPS) is 17.2. The van der Waals surface area contributed by atoms with Crippen LogP contribution in [-0.2, 0) is 5.41 Å². The first-order valence-electron chi connectivity index (χ1n) is 23.5. The maximum Gasteiger partial charge on any atom is 0.0413 e. The van der Waals surface area contributed by atoms with Gasteiger partial charge in [0.05, 0.1) is 0 Å². The molecule has 2 aliphatic rings. The lowest BCUT2D eigenvalue weighted by atomic mass is 9.68. The van der Waals surface area contributed by atoms with Crippen molar-refractivity contribution >= 4 is 11.4 Å². The summed E-state index contributed by atoms with van der Waals surface area (Å²) in [6, 6.07) is 83.6. The van der Waals surface area contributed by atoms with Gasteiger partial charge < -0.3 is 4.90 Å². The summed E-state index contributed by atoms with van der Waals surface area (Å²) in [4.78, 5) is 2.68. The molecule has 0 amide bonds. The first-order chi connectivity index (χ1) is 31.9. The average molecular weight is 838 g/mol. The Labute approximate surface area is 385 Å². The molecule has 0 N–H and O–H groups in total. The van der Waals surface area contributed by atoms with E-state index in [2.05, 4.69) is 250 Å². The van der Waals surface area contributed by atoms with Gasteiger partial charge in [0.15, 0.2) is 0 Å². The number of hydrogen-bond acceptors (Lipinski definition) is 1. The molecule has 0 heterocycles. The predicted molar refractivity (Wildman–Crippen MR) is 276 cm³/mol. The monoisotopic (exact) mass is 837 g/mol. The van der Waals surface area contributed by atoms with Crippen molar-refractivity contribution in [2.45, 2.75) is 57.4 Å². The molecule has 1 saturated carbocycles. The standard InChI is InChI=1S/C64H55N/c1-44-17-10-11-24-55(44)51-23-16-22-49(41-51)50-33-39-60-61-40-38-54(43-63(61)64(2,3)62(60)42-50)65(52-34-29-47(30-35-52)58-27-14-12-25-56(58)45-18-6-4-7-19-45)53-36-31-48(32-37-53)59-28-15-13-26-57(59)46-20-8-5-9-21-46/h4-37,39,41-42,54,61,63H,38,40,43H2,1-3H3. The zero-order valence-electron chi connectivity index (χ0n) is 37.7. The largest absolute Gasteiger partial charge is 0.338 e. The van der Waals surface area contributed by atoms with Crippen LogP contribution in [0.1, 0.15) is 55.7 Å². The molecule has 0 aromatic heterocycles. The van der Waals surface area contributed by atoms with Crippen molar-refractivity contribution in [2.24, 2.45) is 5.92 Å². The van der Waals surface area contributed by atoms with E-state index in [1.807, 2.05) is 0 Å². The molecule has 3 atom stereocenters. The summed E-state index contributed by atoms with van der Waals surface area (Å²) in [7, 11) is 0. The van der Waals surface area contributed by atoms with Gasteiger partial charge in [-0.15, -0.1) is 0 Å². The van der Waals surface area contributed by atoms with Crippen molar-refractivity contribution in [2.75, 3.05) is 4.90 Å². The topological polar surface area (TPSA) is 3.24 Å². The third-order valence-corrected chi connectivity index (χ3v) is 14.9. The third kappa shape index (κ3) is 7.60. The molecule has 0 aliphatic heterocycles. The number of fused-ring (bicyclic) bond motifs is 3. The third-order valence-electron chi connectivity index (χ3n) is 14.9. The first-order valence-corrected chi connectivity index (χ1v) is 23.5. The van der Waals surface area contributed by atoms with E-state index < -0.39 is 0 Å². The Bertz CT molecular complexity index is 2980. The Hall–Kier alpha value is -7.22. The van der Waals surface area contributed by atoms with E-state index >= 15 is 0 Å². The van der Waals surface area contributed by atoms with Gasteiger partial charge in [-0.1, -0.05) is 208 Å². The minimum atomic E-state index is 0.0317. The molecule has 0 radical (unpaired) electrons. The zero-order chi connectivity index (χ0) is 43.9.